The summed E-state index contributed by atoms with van der Waals surface area (Å²) in [7, 11) is -3.46. The second kappa shape index (κ2) is 8.90. The Hall–Kier alpha value is -3.48. The predicted octanol–water partition coefficient (Wildman–Crippen LogP) is 4.93. The van der Waals surface area contributed by atoms with Crippen molar-refractivity contribution in [3.05, 3.63) is 101 Å². The van der Waals surface area contributed by atoms with Crippen molar-refractivity contribution >= 4 is 9.84 Å². The van der Waals surface area contributed by atoms with Gasteiger partial charge in [0.15, 0.2) is 9.84 Å². The van der Waals surface area contributed by atoms with Gasteiger partial charge in [-0.05, 0) is 60.7 Å². The largest absolute Gasteiger partial charge is 0.416 e. The molecule has 0 aliphatic heterocycles. The smallest absolute Gasteiger partial charge is 0.223 e. The molecule has 0 amide bonds. The zero-order valence-corrected chi connectivity index (χ0v) is 16.4. The Kier molecular flexibility index (Phi) is 6.30. The van der Waals surface area contributed by atoms with Gasteiger partial charge in [0.1, 0.15) is 5.75 Å². The van der Waals surface area contributed by atoms with E-state index < -0.39 is 21.6 Å². The molecule has 0 saturated heterocycles. The van der Waals surface area contributed by atoms with Crippen molar-refractivity contribution in [2.75, 3.05) is 5.75 Å². The average Bonchev–Trinajstić information content (AvgIpc) is 2.73. The Morgan fingerprint density at radius 2 is 1.13 bits per heavy atom. The third-order valence-electron chi connectivity index (χ3n) is 4.05. The van der Waals surface area contributed by atoms with Gasteiger partial charge < -0.3 is 0 Å². The molecule has 0 aliphatic rings. The van der Waals surface area contributed by atoms with Gasteiger partial charge in [0, 0.05) is 16.7 Å². The molecule has 3 aromatic rings. The van der Waals surface area contributed by atoms with Crippen molar-refractivity contribution in [3.63, 3.8) is 0 Å². The van der Waals surface area contributed by atoms with Crippen molar-refractivity contribution in [2.24, 2.45) is 0 Å². The van der Waals surface area contributed by atoms with E-state index in [0.717, 1.165) is 12.1 Å². The van der Waals surface area contributed by atoms with Crippen molar-refractivity contribution in [1.82, 2.24) is 0 Å². The number of benzene rings is 3. The number of hydrogen-bond donors (Lipinski definition) is 0. The van der Waals surface area contributed by atoms with Crippen molar-refractivity contribution in [3.8, 4) is 23.7 Å². The lowest BCUT2D eigenvalue weighted by atomic mass is 10.1. The standard InChI is InChI=1S/C24H15F3O2S/c25-24(26,27)22-16-14-21(15-17-22)13-12-20-10-8-19(9-11-20)5-4-18-30(28,29)23-6-2-1-3-7-23/h1-3,6-11,14-17H,18H2. The summed E-state index contributed by atoms with van der Waals surface area (Å²) >= 11 is 0. The minimum Gasteiger partial charge on any atom is -0.223 e. The number of hydrogen-bond acceptors (Lipinski definition) is 2. The summed E-state index contributed by atoms with van der Waals surface area (Å²) in [5, 5.41) is 0. The highest BCUT2D eigenvalue weighted by Crippen LogP contribution is 2.28. The van der Waals surface area contributed by atoms with Gasteiger partial charge >= 0.3 is 6.18 Å². The average molecular weight is 424 g/mol. The SMILES string of the molecule is O=S(=O)(CC#Cc1ccc(C#Cc2ccc(C(F)(F)F)cc2)cc1)c1ccccc1. The normalized spacial score (nSPS) is 11.0. The molecule has 0 saturated carbocycles. The molecule has 0 unspecified atom stereocenters. The number of rotatable bonds is 2. The molecule has 0 fully saturated rings. The van der Waals surface area contributed by atoms with Crippen LogP contribution in [0.5, 0.6) is 0 Å². The van der Waals surface area contributed by atoms with Crippen LogP contribution in [0, 0.1) is 23.7 Å². The molecule has 3 aromatic carbocycles. The van der Waals surface area contributed by atoms with Crippen LogP contribution in [0.2, 0.25) is 0 Å². The van der Waals surface area contributed by atoms with Gasteiger partial charge in [-0.25, -0.2) is 8.42 Å². The van der Waals surface area contributed by atoms with Gasteiger partial charge in [0.05, 0.1) is 10.5 Å². The second-order valence-electron chi connectivity index (χ2n) is 6.28. The molecule has 0 aliphatic carbocycles. The summed E-state index contributed by atoms with van der Waals surface area (Å²) in [5.41, 5.74) is 1.05. The van der Waals surface area contributed by atoms with Gasteiger partial charge in [-0.3, -0.25) is 0 Å². The van der Waals surface area contributed by atoms with Crippen LogP contribution in [0.15, 0.2) is 83.8 Å². The maximum atomic E-state index is 12.6. The molecular weight excluding hydrogens is 409 g/mol. The molecule has 0 radical (unpaired) electrons. The zero-order valence-electron chi connectivity index (χ0n) is 15.6. The van der Waals surface area contributed by atoms with Crippen LogP contribution >= 0.6 is 0 Å². The van der Waals surface area contributed by atoms with E-state index >= 15 is 0 Å². The highest BCUT2D eigenvalue weighted by Gasteiger charge is 2.29. The molecule has 0 heterocycles. The molecule has 0 aromatic heterocycles. The van der Waals surface area contributed by atoms with Crippen LogP contribution in [-0.4, -0.2) is 14.2 Å². The van der Waals surface area contributed by atoms with Crippen LogP contribution in [0.4, 0.5) is 13.2 Å². The first kappa shape index (κ1) is 21.2. The number of sulfone groups is 1. The molecule has 6 heteroatoms. The molecule has 0 N–H and O–H groups in total. The maximum Gasteiger partial charge on any atom is 0.416 e. The minimum atomic E-state index is -4.37. The molecule has 3 rings (SSSR count). The van der Waals surface area contributed by atoms with Crippen LogP contribution in [0.25, 0.3) is 0 Å². The fourth-order valence-corrected chi connectivity index (χ4v) is 3.47. The maximum absolute atomic E-state index is 12.6. The molecule has 0 atom stereocenters. The zero-order chi connectivity index (χ0) is 21.6. The highest BCUT2D eigenvalue weighted by atomic mass is 32.2. The third-order valence-corrected chi connectivity index (χ3v) is 5.56. The van der Waals surface area contributed by atoms with Crippen LogP contribution in [-0.2, 0) is 16.0 Å². The van der Waals surface area contributed by atoms with E-state index in [1.807, 2.05) is 0 Å². The van der Waals surface area contributed by atoms with E-state index in [1.165, 1.54) is 24.3 Å². The van der Waals surface area contributed by atoms with Gasteiger partial charge in [0.2, 0.25) is 0 Å². The summed E-state index contributed by atoms with van der Waals surface area (Å²) in [6.45, 7) is 0. The minimum absolute atomic E-state index is 0.230. The molecule has 0 bridgehead atoms. The Morgan fingerprint density at radius 3 is 1.63 bits per heavy atom. The fraction of sp³-hybridized carbons (Fsp3) is 0.0833. The molecule has 30 heavy (non-hydrogen) atoms. The molecule has 0 spiro atoms. The van der Waals surface area contributed by atoms with Gasteiger partial charge in [-0.2, -0.15) is 13.2 Å². The van der Waals surface area contributed by atoms with Gasteiger partial charge in [-0.1, -0.05) is 41.9 Å². The molecular formula is C24H15F3O2S. The summed E-state index contributed by atoms with van der Waals surface area (Å²) < 4.78 is 62.1. The van der Waals surface area contributed by atoms with E-state index in [2.05, 4.69) is 23.7 Å². The Balaban J connectivity index is 1.66. The molecule has 2 nitrogen and oxygen atoms in total. The van der Waals surface area contributed by atoms with Crippen molar-refractivity contribution in [2.45, 2.75) is 11.1 Å². The monoisotopic (exact) mass is 424 g/mol. The lowest BCUT2D eigenvalue weighted by Crippen LogP contribution is -2.04. The van der Waals surface area contributed by atoms with Crippen molar-refractivity contribution in [1.29, 1.82) is 0 Å². The number of alkyl halides is 3. The topological polar surface area (TPSA) is 34.1 Å². The Labute approximate surface area is 173 Å². The predicted molar refractivity (Wildman–Crippen MR) is 109 cm³/mol. The Bertz CT molecular complexity index is 1240. The van der Waals surface area contributed by atoms with E-state index in [4.69, 9.17) is 0 Å². The van der Waals surface area contributed by atoms with Crippen LogP contribution in [0.3, 0.4) is 0 Å². The lowest BCUT2D eigenvalue weighted by molar-refractivity contribution is -0.137. The van der Waals surface area contributed by atoms with Crippen LogP contribution < -0.4 is 0 Å². The highest BCUT2D eigenvalue weighted by molar-refractivity contribution is 7.91. The second-order valence-corrected chi connectivity index (χ2v) is 8.27. The Morgan fingerprint density at radius 1 is 0.667 bits per heavy atom. The third kappa shape index (κ3) is 5.76. The summed E-state index contributed by atoms with van der Waals surface area (Å²) in [4.78, 5) is 0.230. The van der Waals surface area contributed by atoms with Gasteiger partial charge in [-0.15, -0.1) is 0 Å². The van der Waals surface area contributed by atoms with E-state index in [1.54, 1.807) is 42.5 Å². The van der Waals surface area contributed by atoms with E-state index in [-0.39, 0.29) is 10.6 Å². The first-order valence-corrected chi connectivity index (χ1v) is 10.5. The molecule has 150 valence electrons. The van der Waals surface area contributed by atoms with E-state index in [0.29, 0.717) is 16.7 Å². The summed E-state index contributed by atoms with van der Waals surface area (Å²) in [6, 6.07) is 19.6. The first-order valence-electron chi connectivity index (χ1n) is 8.80. The van der Waals surface area contributed by atoms with Gasteiger partial charge in [0.25, 0.3) is 0 Å². The van der Waals surface area contributed by atoms with E-state index in [9.17, 15) is 21.6 Å². The summed E-state index contributed by atoms with van der Waals surface area (Å²) in [5.74, 6) is 10.9. The fourth-order valence-electron chi connectivity index (χ4n) is 2.47. The quantitative estimate of drug-likeness (QED) is 0.547. The van der Waals surface area contributed by atoms with Crippen molar-refractivity contribution < 1.29 is 21.6 Å². The van der Waals surface area contributed by atoms with Crippen LogP contribution in [0.1, 0.15) is 22.3 Å². The number of halogens is 3. The lowest BCUT2D eigenvalue weighted by Gasteiger charge is -2.05. The summed E-state index contributed by atoms with van der Waals surface area (Å²) in [6.07, 6.45) is -4.37. The first-order chi connectivity index (χ1) is 14.2.